The Labute approximate surface area is 185 Å². The van der Waals surface area contributed by atoms with Crippen LogP contribution in [0.3, 0.4) is 0 Å². The van der Waals surface area contributed by atoms with Gasteiger partial charge in [0, 0.05) is 12.4 Å². The van der Waals surface area contributed by atoms with Crippen molar-refractivity contribution in [3.8, 4) is 16.8 Å². The number of halogens is 3. The number of hydrogen-bond acceptors (Lipinski definition) is 4. The number of pyridine rings is 2. The highest BCUT2D eigenvalue weighted by Gasteiger charge is 2.21. The lowest BCUT2D eigenvalue weighted by Crippen LogP contribution is -2.12. The van der Waals surface area contributed by atoms with E-state index < -0.39 is 17.5 Å². The Morgan fingerprint density at radius 2 is 1.72 bits per heavy atom. The second-order valence-corrected chi connectivity index (χ2v) is 7.59. The number of aromatic nitrogens is 4. The Balaban J connectivity index is 1.90. The van der Waals surface area contributed by atoms with E-state index in [1.54, 1.807) is 48.0 Å². The van der Waals surface area contributed by atoms with Crippen LogP contribution in [0.4, 0.5) is 8.78 Å². The summed E-state index contributed by atoms with van der Waals surface area (Å²) in [6.07, 6.45) is 2.94. The fraction of sp³-hybridized carbons (Fsp3) is 0.0435. The average Bonchev–Trinajstić information content (AvgIpc) is 3.10. The average molecular weight is 450 g/mol. The minimum atomic E-state index is -0.668. The number of carbonyl (C=O) groups excluding carboxylic acids is 1. The molecule has 32 heavy (non-hydrogen) atoms. The van der Waals surface area contributed by atoms with Gasteiger partial charge in [0.25, 0.3) is 5.91 Å². The molecule has 6 nitrogen and oxygen atoms in total. The molecule has 0 atom stereocenters. The van der Waals surface area contributed by atoms with Gasteiger partial charge >= 0.3 is 0 Å². The minimum Gasteiger partial charge on any atom is -0.366 e. The maximum absolute atomic E-state index is 14.8. The van der Waals surface area contributed by atoms with Crippen LogP contribution in [0.2, 0.25) is 5.15 Å². The van der Waals surface area contributed by atoms with Gasteiger partial charge in [0.1, 0.15) is 33.6 Å². The smallest absolute Gasteiger partial charge is 0.250 e. The van der Waals surface area contributed by atoms with Gasteiger partial charge in [-0.1, -0.05) is 11.6 Å². The molecule has 0 saturated heterocycles. The Morgan fingerprint density at radius 1 is 0.969 bits per heavy atom. The zero-order valence-electron chi connectivity index (χ0n) is 16.6. The van der Waals surface area contributed by atoms with Crippen molar-refractivity contribution in [1.29, 1.82) is 0 Å². The van der Waals surface area contributed by atoms with E-state index in [0.29, 0.717) is 33.7 Å². The van der Waals surface area contributed by atoms with Gasteiger partial charge < -0.3 is 5.73 Å². The molecule has 3 heterocycles. The first-order chi connectivity index (χ1) is 15.3. The van der Waals surface area contributed by atoms with Crippen molar-refractivity contribution >= 4 is 39.4 Å². The molecule has 5 rings (SSSR count). The molecule has 0 aliphatic rings. The van der Waals surface area contributed by atoms with E-state index in [9.17, 15) is 13.6 Å². The van der Waals surface area contributed by atoms with E-state index in [-0.39, 0.29) is 21.6 Å². The molecular formula is C23H14ClF2N5O. The number of nitrogens with zero attached hydrogens (tertiary/aromatic N) is 4. The molecule has 0 aliphatic heterocycles. The number of benzene rings is 2. The highest BCUT2D eigenvalue weighted by atomic mass is 35.5. The van der Waals surface area contributed by atoms with E-state index in [4.69, 9.17) is 17.3 Å². The summed E-state index contributed by atoms with van der Waals surface area (Å²) in [5, 5.41) is 0.290. The lowest BCUT2D eigenvalue weighted by atomic mass is 10.0. The largest absolute Gasteiger partial charge is 0.366 e. The maximum atomic E-state index is 14.8. The summed E-state index contributed by atoms with van der Waals surface area (Å²) in [4.78, 5) is 24.7. The van der Waals surface area contributed by atoms with Crippen molar-refractivity contribution in [3.63, 3.8) is 0 Å². The van der Waals surface area contributed by atoms with Crippen LogP contribution in [0.5, 0.6) is 0 Å². The first-order valence-corrected chi connectivity index (χ1v) is 9.91. The van der Waals surface area contributed by atoms with Crippen LogP contribution in [0, 0.1) is 18.6 Å². The van der Waals surface area contributed by atoms with Crippen molar-refractivity contribution in [2.75, 3.05) is 0 Å². The van der Waals surface area contributed by atoms with E-state index >= 15 is 0 Å². The van der Waals surface area contributed by atoms with Crippen LogP contribution in [-0.4, -0.2) is 25.4 Å². The monoisotopic (exact) mass is 449 g/mol. The quantitative estimate of drug-likeness (QED) is 0.394. The third-order valence-corrected chi connectivity index (χ3v) is 5.47. The third-order valence-electron chi connectivity index (χ3n) is 5.26. The van der Waals surface area contributed by atoms with Gasteiger partial charge in [0.2, 0.25) is 0 Å². The number of imidazole rings is 1. The Bertz CT molecular complexity index is 1560. The van der Waals surface area contributed by atoms with E-state index in [2.05, 4.69) is 15.0 Å². The van der Waals surface area contributed by atoms with Crippen molar-refractivity contribution in [1.82, 2.24) is 19.5 Å². The molecule has 0 unspecified atom stereocenters. The van der Waals surface area contributed by atoms with Crippen molar-refractivity contribution in [3.05, 3.63) is 83.0 Å². The van der Waals surface area contributed by atoms with Crippen LogP contribution < -0.4 is 5.73 Å². The zero-order chi connectivity index (χ0) is 22.6. The van der Waals surface area contributed by atoms with E-state index in [1.165, 1.54) is 6.20 Å². The molecule has 2 aromatic carbocycles. The van der Waals surface area contributed by atoms with Crippen molar-refractivity contribution < 1.29 is 13.6 Å². The lowest BCUT2D eigenvalue weighted by Gasteiger charge is -2.13. The van der Waals surface area contributed by atoms with Crippen LogP contribution in [-0.2, 0) is 0 Å². The second kappa shape index (κ2) is 7.35. The second-order valence-electron chi connectivity index (χ2n) is 7.20. The summed E-state index contributed by atoms with van der Waals surface area (Å²) < 4.78 is 30.8. The standard InChI is InChI=1S/C23H14ClF2N5O/c1-11-30-21-14(23(27)32)8-13(12-4-6-28-19(24)10-12)9-18(21)31(11)17-5-7-29-22-16(26)3-2-15(25)20(17)22/h2-10H,1H3,(H2,27,32). The molecule has 0 fully saturated rings. The molecule has 3 aromatic heterocycles. The predicted octanol–water partition coefficient (Wildman–Crippen LogP) is 4.97. The summed E-state index contributed by atoms with van der Waals surface area (Å²) in [5.74, 6) is -1.48. The number of fused-ring (bicyclic) bond motifs is 2. The van der Waals surface area contributed by atoms with Crippen molar-refractivity contribution in [2.45, 2.75) is 6.92 Å². The predicted molar refractivity (Wildman–Crippen MR) is 118 cm³/mol. The number of primary amides is 1. The van der Waals surface area contributed by atoms with E-state index in [0.717, 1.165) is 12.1 Å². The fourth-order valence-corrected chi connectivity index (χ4v) is 4.07. The molecule has 0 spiro atoms. The first-order valence-electron chi connectivity index (χ1n) is 9.53. The van der Waals surface area contributed by atoms with Crippen LogP contribution in [0.25, 0.3) is 38.8 Å². The SMILES string of the molecule is Cc1nc2c(C(N)=O)cc(-c3ccnc(Cl)c3)cc2n1-c1ccnc2c(F)ccc(F)c12. The van der Waals surface area contributed by atoms with E-state index in [1.807, 2.05) is 0 Å². The summed E-state index contributed by atoms with van der Waals surface area (Å²) in [6, 6.07) is 10.5. The van der Waals surface area contributed by atoms with Gasteiger partial charge in [-0.15, -0.1) is 0 Å². The molecule has 2 N–H and O–H groups in total. The number of amides is 1. The molecule has 0 saturated carbocycles. The number of rotatable bonds is 3. The molecule has 1 amide bonds. The Kier molecular flexibility index (Phi) is 4.60. The van der Waals surface area contributed by atoms with Gasteiger partial charge in [-0.3, -0.25) is 14.3 Å². The highest BCUT2D eigenvalue weighted by Crippen LogP contribution is 2.33. The number of aryl methyl sites for hydroxylation is 1. The molecular weight excluding hydrogens is 436 g/mol. The van der Waals surface area contributed by atoms with Gasteiger partial charge in [-0.05, 0) is 60.5 Å². The van der Waals surface area contributed by atoms with Crippen LogP contribution in [0.15, 0.2) is 54.9 Å². The topological polar surface area (TPSA) is 86.7 Å². The van der Waals surface area contributed by atoms with Gasteiger partial charge in [0.15, 0.2) is 0 Å². The number of carbonyl (C=O) groups is 1. The van der Waals surface area contributed by atoms with Crippen LogP contribution in [0.1, 0.15) is 16.2 Å². The summed E-state index contributed by atoms with van der Waals surface area (Å²) in [6.45, 7) is 1.71. The zero-order valence-corrected chi connectivity index (χ0v) is 17.4. The lowest BCUT2D eigenvalue weighted by molar-refractivity contribution is 0.100. The Hall–Kier alpha value is -3.91. The molecule has 0 bridgehead atoms. The summed E-state index contributed by atoms with van der Waals surface area (Å²) in [5.41, 5.74) is 8.27. The molecule has 9 heteroatoms. The molecule has 158 valence electrons. The number of nitrogens with two attached hydrogens (primary N) is 1. The first kappa shape index (κ1) is 20.0. The highest BCUT2D eigenvalue weighted by molar-refractivity contribution is 6.29. The minimum absolute atomic E-state index is 0.00730. The molecule has 0 aliphatic carbocycles. The summed E-state index contributed by atoms with van der Waals surface area (Å²) >= 11 is 6.04. The fourth-order valence-electron chi connectivity index (χ4n) is 3.90. The van der Waals surface area contributed by atoms with Gasteiger partial charge in [-0.2, -0.15) is 0 Å². The summed E-state index contributed by atoms with van der Waals surface area (Å²) in [7, 11) is 0. The number of hydrogen-bond donors (Lipinski definition) is 1. The van der Waals surface area contributed by atoms with Crippen LogP contribution >= 0.6 is 11.6 Å². The van der Waals surface area contributed by atoms with Crippen molar-refractivity contribution in [2.24, 2.45) is 5.73 Å². The molecule has 0 radical (unpaired) electrons. The molecule has 5 aromatic rings. The normalized spacial score (nSPS) is 11.4. The van der Waals surface area contributed by atoms with Gasteiger partial charge in [0.05, 0.1) is 22.2 Å². The maximum Gasteiger partial charge on any atom is 0.250 e. The van der Waals surface area contributed by atoms with Gasteiger partial charge in [-0.25, -0.2) is 18.7 Å². The Morgan fingerprint density at radius 3 is 2.47 bits per heavy atom. The third kappa shape index (κ3) is 3.07.